The Morgan fingerprint density at radius 1 is 0.851 bits per heavy atom. The minimum Gasteiger partial charge on any atom is -0.483 e. The highest BCUT2D eigenvalue weighted by atomic mass is 32.2. The van der Waals surface area contributed by atoms with Crippen LogP contribution in [0, 0.1) is 23.7 Å². The van der Waals surface area contributed by atoms with Crippen LogP contribution in [0.2, 0.25) is 0 Å². The van der Waals surface area contributed by atoms with Crippen molar-refractivity contribution in [3.8, 4) is 5.75 Å². The Balaban J connectivity index is 1.16. The zero-order chi connectivity index (χ0) is 33.4. The van der Waals surface area contributed by atoms with Gasteiger partial charge in [0.25, 0.3) is 5.92 Å². The van der Waals surface area contributed by atoms with E-state index in [0.29, 0.717) is 17.4 Å². The van der Waals surface area contributed by atoms with E-state index in [1.54, 1.807) is 19.1 Å². The van der Waals surface area contributed by atoms with E-state index >= 15 is 8.78 Å². The second-order valence-corrected chi connectivity index (χ2v) is 17.1. The lowest BCUT2D eigenvalue weighted by Gasteiger charge is -2.65. The number of hydrogen-bond acceptors (Lipinski definition) is 5. The number of ether oxygens (including phenoxy) is 3. The molecular formula is C35H37F4O6S2+. The Kier molecular flexibility index (Phi) is 8.03. The Labute approximate surface area is 274 Å². The molecule has 1 aliphatic heterocycles. The maximum atomic E-state index is 15.9. The first-order valence-corrected chi connectivity index (χ1v) is 18.5. The summed E-state index contributed by atoms with van der Waals surface area (Å²) in [5.74, 6) is -3.77. The third-order valence-electron chi connectivity index (χ3n) is 10.6. The summed E-state index contributed by atoms with van der Waals surface area (Å²) in [6.45, 7) is 1.92. The molecule has 6 nitrogen and oxygen atoms in total. The summed E-state index contributed by atoms with van der Waals surface area (Å²) in [6.07, 6.45) is 2.14. The first-order valence-electron chi connectivity index (χ1n) is 15.9. The molecule has 3 atom stereocenters. The molecule has 252 valence electrons. The Morgan fingerprint density at radius 2 is 1.36 bits per heavy atom. The van der Waals surface area contributed by atoms with Crippen molar-refractivity contribution < 1.29 is 44.7 Å². The second kappa shape index (κ2) is 11.5. The molecule has 12 heteroatoms. The predicted molar refractivity (Wildman–Crippen MR) is 167 cm³/mol. The van der Waals surface area contributed by atoms with Gasteiger partial charge in [0, 0.05) is 5.56 Å². The highest BCUT2D eigenvalue weighted by Gasteiger charge is 2.73. The van der Waals surface area contributed by atoms with Gasteiger partial charge in [-0.25, -0.2) is 8.78 Å². The van der Waals surface area contributed by atoms with E-state index in [0.717, 1.165) is 53.7 Å². The van der Waals surface area contributed by atoms with Gasteiger partial charge in [-0.3, -0.25) is 4.55 Å². The van der Waals surface area contributed by atoms with E-state index in [1.165, 1.54) is 12.1 Å². The van der Waals surface area contributed by atoms with Gasteiger partial charge in [0.05, 0.1) is 10.9 Å². The number of hydrogen-bond donors (Lipinski definition) is 1. The van der Waals surface area contributed by atoms with Gasteiger partial charge in [-0.2, -0.15) is 17.2 Å². The molecule has 1 N–H and O–H groups in total. The van der Waals surface area contributed by atoms with Crippen molar-refractivity contribution in [2.75, 3.05) is 6.61 Å². The van der Waals surface area contributed by atoms with Crippen molar-refractivity contribution in [2.24, 2.45) is 23.7 Å². The molecule has 1 spiro atoms. The molecule has 3 aromatic carbocycles. The van der Waals surface area contributed by atoms with Gasteiger partial charge in [0.2, 0.25) is 0 Å². The average molecular weight is 694 g/mol. The number of alkyl halides is 4. The Hall–Kier alpha value is -2.64. The van der Waals surface area contributed by atoms with Gasteiger partial charge < -0.3 is 14.2 Å². The normalized spacial score (nSPS) is 32.7. The first kappa shape index (κ1) is 32.9. The summed E-state index contributed by atoms with van der Waals surface area (Å²) in [5, 5.41) is -4.49. The highest BCUT2D eigenvalue weighted by Crippen LogP contribution is 2.66. The summed E-state index contributed by atoms with van der Waals surface area (Å²) in [7, 11) is -6.32. The summed E-state index contributed by atoms with van der Waals surface area (Å²) in [6, 6.07) is 23.6. The van der Waals surface area contributed by atoms with Crippen LogP contribution >= 0.6 is 0 Å². The predicted octanol–water partition coefficient (Wildman–Crippen LogP) is 8.08. The molecule has 0 aromatic heterocycles. The maximum absolute atomic E-state index is 15.9. The van der Waals surface area contributed by atoms with E-state index in [9.17, 15) is 17.2 Å². The quantitative estimate of drug-likeness (QED) is 0.146. The Morgan fingerprint density at radius 3 is 1.89 bits per heavy atom. The van der Waals surface area contributed by atoms with E-state index in [1.807, 2.05) is 54.6 Å². The van der Waals surface area contributed by atoms with E-state index in [2.05, 4.69) is 0 Å². The van der Waals surface area contributed by atoms with Gasteiger partial charge >= 0.3 is 15.4 Å². The fourth-order valence-corrected chi connectivity index (χ4v) is 11.1. The van der Waals surface area contributed by atoms with Crippen molar-refractivity contribution in [1.82, 2.24) is 0 Å². The lowest BCUT2D eigenvalue weighted by atomic mass is 9.48. The van der Waals surface area contributed by atoms with Crippen molar-refractivity contribution in [1.29, 1.82) is 0 Å². The van der Waals surface area contributed by atoms with Crippen LogP contribution in [0.5, 0.6) is 5.75 Å². The highest BCUT2D eigenvalue weighted by molar-refractivity contribution is 7.97. The molecular weight excluding hydrogens is 657 g/mol. The van der Waals surface area contributed by atoms with Crippen LogP contribution in [-0.4, -0.2) is 42.5 Å². The third-order valence-corrected chi connectivity index (χ3v) is 13.8. The Bertz CT molecular complexity index is 1690. The molecule has 1 heterocycles. The van der Waals surface area contributed by atoms with Crippen LogP contribution in [0.1, 0.15) is 51.5 Å². The number of halogens is 4. The molecule has 4 aliphatic carbocycles. The zero-order valence-electron chi connectivity index (χ0n) is 26.0. The van der Waals surface area contributed by atoms with E-state index in [-0.39, 0.29) is 17.6 Å². The van der Waals surface area contributed by atoms with Gasteiger partial charge in [-0.1, -0.05) is 18.2 Å². The van der Waals surface area contributed by atoms with Crippen molar-refractivity contribution in [3.63, 3.8) is 0 Å². The van der Waals surface area contributed by atoms with E-state index in [4.69, 9.17) is 18.8 Å². The van der Waals surface area contributed by atoms with Crippen LogP contribution in [0.25, 0.3) is 0 Å². The van der Waals surface area contributed by atoms with Crippen LogP contribution in [0.15, 0.2) is 93.5 Å². The van der Waals surface area contributed by atoms with Crippen LogP contribution in [-0.2, 0) is 36.3 Å². The molecule has 4 bridgehead atoms. The van der Waals surface area contributed by atoms with Gasteiger partial charge in [-0.15, -0.1) is 0 Å². The lowest BCUT2D eigenvalue weighted by Crippen LogP contribution is -2.73. The van der Waals surface area contributed by atoms with Crippen molar-refractivity contribution in [3.05, 3.63) is 84.4 Å². The molecule has 0 radical (unpaired) electrons. The van der Waals surface area contributed by atoms with Crippen LogP contribution in [0.4, 0.5) is 17.6 Å². The monoisotopic (exact) mass is 693 g/mol. The molecule has 4 saturated carbocycles. The summed E-state index contributed by atoms with van der Waals surface area (Å²) < 4.78 is 109. The van der Waals surface area contributed by atoms with Crippen LogP contribution < -0.4 is 4.74 Å². The fraction of sp³-hybridized carbons (Fsp3) is 0.486. The standard InChI is InChI=1S/C35H36F4O6S2/c1-22(35(38,39)47(40,41)42)44-28-10-14-31(15-11-28)46(29-6-4-3-5-7-29)30-12-8-25(9-13-30)32(2)43-21-33(36,37)34(45-32)26-17-23-16-24(19-26)20-27(34)18-23/h3-15,22-24,26-27H,16-21H2,1-2H3/p+1. The smallest absolute Gasteiger partial charge is 0.405 e. The third kappa shape index (κ3) is 5.48. The van der Waals surface area contributed by atoms with Crippen molar-refractivity contribution >= 4 is 21.0 Å². The molecule has 3 unspecified atom stereocenters. The van der Waals surface area contributed by atoms with Crippen LogP contribution in [0.3, 0.4) is 0 Å². The van der Waals surface area contributed by atoms with Crippen molar-refractivity contribution in [2.45, 2.75) is 89.3 Å². The second-order valence-electron chi connectivity index (χ2n) is 13.6. The molecule has 5 fully saturated rings. The lowest BCUT2D eigenvalue weighted by molar-refractivity contribution is -0.440. The largest absolute Gasteiger partial charge is 0.483 e. The molecule has 0 amide bonds. The number of benzene rings is 3. The van der Waals surface area contributed by atoms with Gasteiger partial charge in [0.1, 0.15) is 18.0 Å². The average Bonchev–Trinajstić information content (AvgIpc) is 3.02. The summed E-state index contributed by atoms with van der Waals surface area (Å²) in [5.41, 5.74) is -0.883. The summed E-state index contributed by atoms with van der Waals surface area (Å²) >= 11 is 0. The maximum Gasteiger partial charge on any atom is 0.405 e. The summed E-state index contributed by atoms with van der Waals surface area (Å²) in [4.78, 5) is 2.71. The van der Waals surface area contributed by atoms with Gasteiger partial charge in [0.15, 0.2) is 26.6 Å². The molecule has 3 aromatic rings. The fourth-order valence-electron chi connectivity index (χ4n) is 8.55. The number of rotatable bonds is 8. The minimum atomic E-state index is -5.66. The topological polar surface area (TPSA) is 82.1 Å². The first-order chi connectivity index (χ1) is 22.1. The molecule has 5 aliphatic rings. The SMILES string of the molecule is CC(Oc1ccc([S+](c2ccccc2)c2ccc(C3(C)OCC(F)(F)C4(O3)C3CC5CC(C3)CC4C5)cc2)cc1)C(F)(F)S(=O)(=O)O. The molecule has 8 rings (SSSR count). The molecule has 1 saturated heterocycles. The zero-order valence-corrected chi connectivity index (χ0v) is 27.6. The molecule has 47 heavy (non-hydrogen) atoms. The van der Waals surface area contributed by atoms with E-state index < -0.39 is 56.3 Å². The minimum absolute atomic E-state index is 0.00608. The van der Waals surface area contributed by atoms with Gasteiger partial charge in [-0.05, 0) is 130 Å².